The van der Waals surface area contributed by atoms with Crippen molar-refractivity contribution in [2.75, 3.05) is 25.1 Å². The number of hydrogen-bond acceptors (Lipinski definition) is 4. The summed E-state index contributed by atoms with van der Waals surface area (Å²) in [6.07, 6.45) is 1.24. The first-order valence-electron chi connectivity index (χ1n) is 6.20. The molecular weight excluding hydrogens is 244 g/mol. The first-order valence-corrected chi connectivity index (χ1v) is 6.20. The van der Waals surface area contributed by atoms with Gasteiger partial charge in [0.25, 0.3) is 0 Å². The van der Waals surface area contributed by atoms with E-state index in [4.69, 9.17) is 9.84 Å². The van der Waals surface area contributed by atoms with Gasteiger partial charge in [-0.2, -0.15) is 0 Å². The van der Waals surface area contributed by atoms with Crippen LogP contribution in [0.5, 0.6) is 0 Å². The van der Waals surface area contributed by atoms with Crippen LogP contribution < -0.4 is 5.32 Å². The van der Waals surface area contributed by atoms with Gasteiger partial charge in [-0.25, -0.2) is 4.98 Å². The number of rotatable bonds is 6. The Morgan fingerprint density at radius 1 is 1.47 bits per heavy atom. The van der Waals surface area contributed by atoms with Gasteiger partial charge in [-0.05, 0) is 24.5 Å². The second-order valence-electron chi connectivity index (χ2n) is 3.78. The fraction of sp³-hybridized carbons (Fsp3) is 0.429. The van der Waals surface area contributed by atoms with E-state index in [9.17, 15) is 4.79 Å². The van der Waals surface area contributed by atoms with Crippen LogP contribution in [-0.4, -0.2) is 35.8 Å². The van der Waals surface area contributed by atoms with E-state index in [1.165, 1.54) is 0 Å². The smallest absolute Gasteiger partial charge is 0.227 e. The third-order valence-electron chi connectivity index (χ3n) is 2.13. The lowest BCUT2D eigenvalue weighted by molar-refractivity contribution is -0.117. The van der Waals surface area contributed by atoms with Gasteiger partial charge in [0.05, 0.1) is 13.0 Å². The molecule has 1 aromatic rings. The molecule has 0 aliphatic rings. The Kier molecular flexibility index (Phi) is 7.25. The van der Waals surface area contributed by atoms with Crippen molar-refractivity contribution in [3.05, 3.63) is 23.9 Å². The quantitative estimate of drug-likeness (QED) is 0.596. The fourth-order valence-electron chi connectivity index (χ4n) is 1.32. The van der Waals surface area contributed by atoms with Crippen molar-refractivity contribution in [3.8, 4) is 11.8 Å². The van der Waals surface area contributed by atoms with Crippen molar-refractivity contribution in [1.29, 1.82) is 0 Å². The Labute approximate surface area is 113 Å². The molecule has 0 fully saturated rings. The summed E-state index contributed by atoms with van der Waals surface area (Å²) in [5, 5.41) is 11.3. The summed E-state index contributed by atoms with van der Waals surface area (Å²) in [4.78, 5) is 15.7. The van der Waals surface area contributed by atoms with Gasteiger partial charge in [0.1, 0.15) is 18.1 Å². The van der Waals surface area contributed by atoms with Gasteiger partial charge in [-0.15, -0.1) is 0 Å². The molecule has 1 heterocycles. The van der Waals surface area contributed by atoms with Crippen molar-refractivity contribution < 1.29 is 14.6 Å². The van der Waals surface area contributed by atoms with Crippen molar-refractivity contribution >= 4 is 11.7 Å². The molecule has 102 valence electrons. The highest BCUT2D eigenvalue weighted by atomic mass is 16.5. The maximum atomic E-state index is 11.6. The zero-order chi connectivity index (χ0) is 13.9. The average molecular weight is 262 g/mol. The molecule has 0 aliphatic heterocycles. The van der Waals surface area contributed by atoms with Crippen LogP contribution >= 0.6 is 0 Å². The minimum absolute atomic E-state index is 0.143. The standard InChI is InChI=1S/C14H18N2O3/c1-2-10-19-11-8-14(18)16-13-7-3-5-12(15-13)6-4-9-17/h3,5,7,17H,2,8-11H2,1H3,(H,15,16,18). The summed E-state index contributed by atoms with van der Waals surface area (Å²) in [7, 11) is 0. The molecule has 5 heteroatoms. The topological polar surface area (TPSA) is 71.5 Å². The van der Waals surface area contributed by atoms with E-state index in [1.807, 2.05) is 6.92 Å². The third kappa shape index (κ3) is 6.55. The third-order valence-corrected chi connectivity index (χ3v) is 2.13. The van der Waals surface area contributed by atoms with Crippen molar-refractivity contribution in [2.45, 2.75) is 19.8 Å². The van der Waals surface area contributed by atoms with Crippen LogP contribution in [0, 0.1) is 11.8 Å². The molecule has 0 aromatic carbocycles. The Morgan fingerprint density at radius 3 is 3.05 bits per heavy atom. The molecule has 0 unspecified atom stereocenters. The molecule has 2 N–H and O–H groups in total. The van der Waals surface area contributed by atoms with Gasteiger partial charge in [0.2, 0.25) is 5.91 Å². The van der Waals surface area contributed by atoms with E-state index in [0.29, 0.717) is 31.1 Å². The van der Waals surface area contributed by atoms with E-state index in [2.05, 4.69) is 22.1 Å². The van der Waals surface area contributed by atoms with Crippen LogP contribution in [0.2, 0.25) is 0 Å². The van der Waals surface area contributed by atoms with Crippen molar-refractivity contribution in [3.63, 3.8) is 0 Å². The van der Waals surface area contributed by atoms with Gasteiger partial charge in [0, 0.05) is 6.61 Å². The molecule has 0 saturated carbocycles. The highest BCUT2D eigenvalue weighted by molar-refractivity contribution is 5.89. The lowest BCUT2D eigenvalue weighted by Crippen LogP contribution is -2.15. The number of carbonyl (C=O) groups is 1. The number of aliphatic hydroxyl groups is 1. The summed E-state index contributed by atoms with van der Waals surface area (Å²) < 4.78 is 5.24. The molecule has 1 amide bonds. The molecule has 1 rings (SSSR count). The van der Waals surface area contributed by atoms with Gasteiger partial charge in [-0.3, -0.25) is 4.79 Å². The van der Waals surface area contributed by atoms with Gasteiger partial charge in [-0.1, -0.05) is 18.9 Å². The van der Waals surface area contributed by atoms with E-state index in [1.54, 1.807) is 18.2 Å². The lowest BCUT2D eigenvalue weighted by Gasteiger charge is -2.05. The molecule has 0 spiro atoms. The summed E-state index contributed by atoms with van der Waals surface area (Å²) in [5.74, 6) is 5.49. The summed E-state index contributed by atoms with van der Waals surface area (Å²) in [6, 6.07) is 5.15. The predicted molar refractivity (Wildman–Crippen MR) is 72.6 cm³/mol. The number of carbonyl (C=O) groups excluding carboxylic acids is 1. The first-order chi connectivity index (χ1) is 9.26. The lowest BCUT2D eigenvalue weighted by atomic mass is 10.3. The van der Waals surface area contributed by atoms with E-state index in [-0.39, 0.29) is 12.5 Å². The predicted octanol–water partition coefficient (Wildman–Crippen LogP) is 1.18. The van der Waals surface area contributed by atoms with Gasteiger partial charge in [0.15, 0.2) is 0 Å². The van der Waals surface area contributed by atoms with Crippen LogP contribution in [0.1, 0.15) is 25.5 Å². The van der Waals surface area contributed by atoms with Gasteiger partial charge >= 0.3 is 0 Å². The molecule has 1 aromatic heterocycles. The molecule has 0 aliphatic carbocycles. The highest BCUT2D eigenvalue weighted by Crippen LogP contribution is 2.04. The Bertz CT molecular complexity index is 463. The second-order valence-corrected chi connectivity index (χ2v) is 3.78. The van der Waals surface area contributed by atoms with Crippen LogP contribution in [-0.2, 0) is 9.53 Å². The molecule has 19 heavy (non-hydrogen) atoms. The van der Waals surface area contributed by atoms with Crippen LogP contribution in [0.25, 0.3) is 0 Å². The first kappa shape index (κ1) is 15.2. The maximum Gasteiger partial charge on any atom is 0.227 e. The van der Waals surface area contributed by atoms with E-state index < -0.39 is 0 Å². The zero-order valence-corrected chi connectivity index (χ0v) is 11.0. The van der Waals surface area contributed by atoms with Crippen LogP contribution in [0.4, 0.5) is 5.82 Å². The number of anilines is 1. The van der Waals surface area contributed by atoms with Crippen molar-refractivity contribution in [2.24, 2.45) is 0 Å². The number of aliphatic hydroxyl groups excluding tert-OH is 1. The molecule has 0 saturated heterocycles. The van der Waals surface area contributed by atoms with Gasteiger partial charge < -0.3 is 15.2 Å². The second kappa shape index (κ2) is 9.09. The van der Waals surface area contributed by atoms with Crippen LogP contribution in [0.15, 0.2) is 18.2 Å². The number of aromatic nitrogens is 1. The Morgan fingerprint density at radius 2 is 2.32 bits per heavy atom. The highest BCUT2D eigenvalue weighted by Gasteiger charge is 2.03. The number of amides is 1. The van der Waals surface area contributed by atoms with Crippen molar-refractivity contribution in [1.82, 2.24) is 4.98 Å². The van der Waals surface area contributed by atoms with Crippen LogP contribution in [0.3, 0.4) is 0 Å². The molecular formula is C14H18N2O3. The molecule has 0 radical (unpaired) electrons. The summed E-state index contributed by atoms with van der Waals surface area (Å²) in [5.41, 5.74) is 0.508. The number of pyridine rings is 1. The minimum atomic E-state index is -0.215. The largest absolute Gasteiger partial charge is 0.384 e. The molecule has 0 bridgehead atoms. The minimum Gasteiger partial charge on any atom is -0.384 e. The number of nitrogens with zero attached hydrogens (tertiary/aromatic N) is 1. The normalized spacial score (nSPS) is 9.58. The number of hydrogen-bond donors (Lipinski definition) is 2. The summed E-state index contributed by atoms with van der Waals surface area (Å²) >= 11 is 0. The zero-order valence-electron chi connectivity index (χ0n) is 11.0. The maximum absolute atomic E-state index is 11.6. The SMILES string of the molecule is CCCOCCC(=O)Nc1cccc(C#CCO)n1. The summed E-state index contributed by atoms with van der Waals surface area (Å²) in [6.45, 7) is 2.87. The number of ether oxygens (including phenoxy) is 1. The number of nitrogens with one attached hydrogen (secondary N) is 1. The molecule has 5 nitrogen and oxygen atoms in total. The monoisotopic (exact) mass is 262 g/mol. The Balaban J connectivity index is 2.45. The molecule has 0 atom stereocenters. The fourth-order valence-corrected chi connectivity index (χ4v) is 1.32. The van der Waals surface area contributed by atoms with E-state index in [0.717, 1.165) is 6.42 Å². The van der Waals surface area contributed by atoms with E-state index >= 15 is 0 Å². The average Bonchev–Trinajstić information content (AvgIpc) is 2.42. The Hall–Kier alpha value is -1.90.